The molecule has 1 amide bonds. The summed E-state index contributed by atoms with van der Waals surface area (Å²) in [5.74, 6) is 1.64. The molecule has 2 saturated carbocycles. The summed E-state index contributed by atoms with van der Waals surface area (Å²) in [6, 6.07) is 0.510. The Morgan fingerprint density at radius 2 is 2.00 bits per heavy atom. The molecule has 3 N–H and O–H groups in total. The number of hydrogen-bond acceptors (Lipinski definition) is 2. The van der Waals surface area contributed by atoms with Gasteiger partial charge in [-0.15, -0.1) is 0 Å². The van der Waals surface area contributed by atoms with Gasteiger partial charge in [0.2, 0.25) is 5.91 Å². The van der Waals surface area contributed by atoms with Crippen molar-refractivity contribution in [3.05, 3.63) is 0 Å². The zero-order valence-corrected chi connectivity index (χ0v) is 9.70. The summed E-state index contributed by atoms with van der Waals surface area (Å²) in [5, 5.41) is 3.17. The first-order chi connectivity index (χ1) is 7.09. The molecule has 0 aromatic heterocycles. The van der Waals surface area contributed by atoms with Crippen molar-refractivity contribution in [3.8, 4) is 0 Å². The number of nitrogens with one attached hydrogen (secondary N) is 1. The Labute approximate surface area is 91.8 Å². The second kappa shape index (κ2) is 4.12. The van der Waals surface area contributed by atoms with Gasteiger partial charge in [-0.3, -0.25) is 4.79 Å². The predicted molar refractivity (Wildman–Crippen MR) is 60.2 cm³/mol. The summed E-state index contributed by atoms with van der Waals surface area (Å²) in [4.78, 5) is 11.7. The number of carbonyl (C=O) groups excluding carboxylic acids is 1. The molecule has 3 heteroatoms. The molecule has 2 fully saturated rings. The minimum atomic E-state index is 0.106. The van der Waals surface area contributed by atoms with E-state index in [0.29, 0.717) is 12.0 Å². The van der Waals surface area contributed by atoms with E-state index in [-0.39, 0.29) is 17.9 Å². The number of rotatable bonds is 2. The number of carbonyl (C=O) groups is 1. The lowest BCUT2D eigenvalue weighted by Crippen LogP contribution is -2.44. The van der Waals surface area contributed by atoms with Gasteiger partial charge in [0.1, 0.15) is 0 Å². The van der Waals surface area contributed by atoms with E-state index in [0.717, 1.165) is 18.8 Å². The maximum absolute atomic E-state index is 11.7. The molecule has 0 aliphatic heterocycles. The minimum absolute atomic E-state index is 0.106. The molecule has 86 valence electrons. The fraction of sp³-hybridized carbons (Fsp3) is 0.917. The maximum Gasteiger partial charge on any atom is 0.224 e. The highest BCUT2D eigenvalue weighted by Crippen LogP contribution is 2.32. The van der Waals surface area contributed by atoms with Gasteiger partial charge in [-0.05, 0) is 24.7 Å². The molecule has 0 heterocycles. The molecule has 3 nitrogen and oxygen atoms in total. The molecule has 5 atom stereocenters. The van der Waals surface area contributed by atoms with Crippen molar-refractivity contribution >= 4 is 5.91 Å². The highest BCUT2D eigenvalue weighted by atomic mass is 16.2. The second-order valence-corrected chi connectivity index (χ2v) is 5.39. The minimum Gasteiger partial charge on any atom is -0.353 e. The van der Waals surface area contributed by atoms with Crippen molar-refractivity contribution in [1.82, 2.24) is 5.32 Å². The van der Waals surface area contributed by atoms with Gasteiger partial charge in [0.25, 0.3) is 0 Å². The molecule has 0 radical (unpaired) electrons. The molecule has 0 bridgehead atoms. The molecule has 2 aliphatic rings. The van der Waals surface area contributed by atoms with Crippen LogP contribution >= 0.6 is 0 Å². The molecule has 2 aliphatic carbocycles. The van der Waals surface area contributed by atoms with E-state index in [1.165, 1.54) is 12.8 Å². The van der Waals surface area contributed by atoms with Crippen LogP contribution in [-0.2, 0) is 4.79 Å². The van der Waals surface area contributed by atoms with E-state index in [9.17, 15) is 4.79 Å². The third-order valence-electron chi connectivity index (χ3n) is 4.21. The van der Waals surface area contributed by atoms with E-state index in [1.54, 1.807) is 0 Å². The standard InChI is InChI=1S/C12H22N2O/c1-7-4-3-5-11(8(7)2)14-12(15)9-6-10(9)13/h7-11H,3-6,13H2,1-2H3,(H,14,15). The molecular formula is C12H22N2O. The van der Waals surface area contributed by atoms with Gasteiger partial charge in [0.05, 0.1) is 5.92 Å². The van der Waals surface area contributed by atoms with E-state index < -0.39 is 0 Å². The summed E-state index contributed by atoms with van der Waals surface area (Å²) >= 11 is 0. The Balaban J connectivity index is 1.85. The Hall–Kier alpha value is -0.570. The summed E-state index contributed by atoms with van der Waals surface area (Å²) in [6.45, 7) is 4.54. The van der Waals surface area contributed by atoms with Gasteiger partial charge in [-0.25, -0.2) is 0 Å². The van der Waals surface area contributed by atoms with Gasteiger partial charge in [-0.1, -0.05) is 26.7 Å². The summed E-state index contributed by atoms with van der Waals surface area (Å²) in [5.41, 5.74) is 5.67. The van der Waals surface area contributed by atoms with Crippen LogP contribution in [-0.4, -0.2) is 18.0 Å². The van der Waals surface area contributed by atoms with E-state index in [2.05, 4.69) is 19.2 Å². The third kappa shape index (κ3) is 2.33. The fourth-order valence-electron chi connectivity index (χ4n) is 2.59. The molecule has 0 aromatic carbocycles. The average Bonchev–Trinajstić information content (AvgIpc) is 2.91. The number of amides is 1. The summed E-state index contributed by atoms with van der Waals surface area (Å²) in [7, 11) is 0. The second-order valence-electron chi connectivity index (χ2n) is 5.39. The lowest BCUT2D eigenvalue weighted by Gasteiger charge is -2.34. The lowest BCUT2D eigenvalue weighted by molar-refractivity contribution is -0.123. The summed E-state index contributed by atoms with van der Waals surface area (Å²) < 4.78 is 0. The van der Waals surface area contributed by atoms with Gasteiger partial charge < -0.3 is 11.1 Å². The highest BCUT2D eigenvalue weighted by Gasteiger charge is 2.41. The normalized spacial score (nSPS) is 44.9. The monoisotopic (exact) mass is 210 g/mol. The van der Waals surface area contributed by atoms with Crippen LogP contribution in [0.2, 0.25) is 0 Å². The molecule has 5 unspecified atom stereocenters. The van der Waals surface area contributed by atoms with Crippen LogP contribution in [0.5, 0.6) is 0 Å². The Morgan fingerprint density at radius 1 is 1.33 bits per heavy atom. The quantitative estimate of drug-likeness (QED) is 0.721. The van der Waals surface area contributed by atoms with Gasteiger partial charge in [0, 0.05) is 12.1 Å². The zero-order chi connectivity index (χ0) is 11.0. The predicted octanol–water partition coefficient (Wildman–Crippen LogP) is 1.27. The Morgan fingerprint density at radius 3 is 2.60 bits per heavy atom. The molecule has 0 spiro atoms. The van der Waals surface area contributed by atoms with Gasteiger partial charge >= 0.3 is 0 Å². The largest absolute Gasteiger partial charge is 0.353 e. The van der Waals surface area contributed by atoms with Crippen LogP contribution < -0.4 is 11.1 Å². The SMILES string of the molecule is CC1CCCC(NC(=O)C2CC2N)C1C. The van der Waals surface area contributed by atoms with Crippen molar-refractivity contribution in [1.29, 1.82) is 0 Å². The zero-order valence-electron chi connectivity index (χ0n) is 9.70. The first kappa shape index (κ1) is 10.9. The van der Waals surface area contributed by atoms with Crippen molar-refractivity contribution in [2.45, 2.75) is 51.6 Å². The maximum atomic E-state index is 11.7. The van der Waals surface area contributed by atoms with Crippen LogP contribution in [0.4, 0.5) is 0 Å². The van der Waals surface area contributed by atoms with Crippen molar-refractivity contribution in [2.24, 2.45) is 23.5 Å². The topological polar surface area (TPSA) is 55.1 Å². The molecular weight excluding hydrogens is 188 g/mol. The highest BCUT2D eigenvalue weighted by molar-refractivity contribution is 5.82. The van der Waals surface area contributed by atoms with Crippen LogP contribution in [0, 0.1) is 17.8 Å². The van der Waals surface area contributed by atoms with Crippen LogP contribution in [0.3, 0.4) is 0 Å². The van der Waals surface area contributed by atoms with E-state index >= 15 is 0 Å². The Bertz CT molecular complexity index is 254. The smallest absolute Gasteiger partial charge is 0.224 e. The molecule has 2 rings (SSSR count). The van der Waals surface area contributed by atoms with Crippen LogP contribution in [0.15, 0.2) is 0 Å². The van der Waals surface area contributed by atoms with Crippen molar-refractivity contribution < 1.29 is 4.79 Å². The van der Waals surface area contributed by atoms with Crippen LogP contribution in [0.25, 0.3) is 0 Å². The first-order valence-corrected chi connectivity index (χ1v) is 6.15. The lowest BCUT2D eigenvalue weighted by atomic mass is 9.78. The van der Waals surface area contributed by atoms with Crippen LogP contribution in [0.1, 0.15) is 39.5 Å². The third-order valence-corrected chi connectivity index (χ3v) is 4.21. The molecule has 0 saturated heterocycles. The van der Waals surface area contributed by atoms with Crippen molar-refractivity contribution in [2.75, 3.05) is 0 Å². The average molecular weight is 210 g/mol. The van der Waals surface area contributed by atoms with Gasteiger partial charge in [0.15, 0.2) is 0 Å². The van der Waals surface area contributed by atoms with Gasteiger partial charge in [-0.2, -0.15) is 0 Å². The molecule has 0 aromatic rings. The molecule has 15 heavy (non-hydrogen) atoms. The number of nitrogens with two attached hydrogens (primary N) is 1. The number of hydrogen-bond donors (Lipinski definition) is 2. The van der Waals surface area contributed by atoms with E-state index in [4.69, 9.17) is 5.73 Å². The summed E-state index contributed by atoms with van der Waals surface area (Å²) in [6.07, 6.45) is 4.56. The van der Waals surface area contributed by atoms with E-state index in [1.807, 2.05) is 0 Å². The first-order valence-electron chi connectivity index (χ1n) is 6.15. The van der Waals surface area contributed by atoms with Crippen molar-refractivity contribution in [3.63, 3.8) is 0 Å². The Kier molecular flexibility index (Phi) is 3.01. The fourth-order valence-corrected chi connectivity index (χ4v) is 2.59.